The van der Waals surface area contributed by atoms with Crippen molar-refractivity contribution in [2.24, 2.45) is 0 Å². The van der Waals surface area contributed by atoms with Crippen LogP contribution in [0.3, 0.4) is 0 Å². The molecule has 1 N–H and O–H groups in total. The van der Waals surface area contributed by atoms with Gasteiger partial charge in [0.25, 0.3) is 6.43 Å². The molecule has 0 fully saturated rings. The van der Waals surface area contributed by atoms with Crippen LogP contribution in [-0.2, 0) is 0 Å². The summed E-state index contributed by atoms with van der Waals surface area (Å²) in [7, 11) is 0. The molecule has 0 spiro atoms. The third-order valence-electron chi connectivity index (χ3n) is 2.36. The summed E-state index contributed by atoms with van der Waals surface area (Å²) in [6.07, 6.45) is -3.14. The predicted octanol–water partition coefficient (Wildman–Crippen LogP) is 3.58. The number of alkyl halides is 4. The molecular formula is C12H7F4NO4. The number of aromatic nitrogens is 1. The zero-order valence-electron chi connectivity index (χ0n) is 10.1. The highest BCUT2D eigenvalue weighted by atomic mass is 19.3. The van der Waals surface area contributed by atoms with Gasteiger partial charge in [-0.05, 0) is 18.2 Å². The Kier molecular flexibility index (Phi) is 4.10. The zero-order chi connectivity index (χ0) is 15.6. The number of carbonyl (C=O) groups is 1. The Morgan fingerprint density at radius 2 is 2.00 bits per heavy atom. The minimum absolute atomic E-state index is 0.0301. The molecule has 1 aromatic carbocycles. The molecular weight excluding hydrogens is 298 g/mol. The topological polar surface area (TPSA) is 72.6 Å². The number of aromatic carboxylic acids is 1. The third kappa shape index (κ3) is 3.30. The molecule has 21 heavy (non-hydrogen) atoms. The number of rotatable bonds is 5. The molecule has 1 heterocycles. The van der Waals surface area contributed by atoms with E-state index in [1.807, 2.05) is 0 Å². The van der Waals surface area contributed by atoms with Gasteiger partial charge in [0.2, 0.25) is 11.7 Å². The lowest BCUT2D eigenvalue weighted by Crippen LogP contribution is -2.01. The maximum Gasteiger partial charge on any atom is 0.387 e. The van der Waals surface area contributed by atoms with Crippen LogP contribution in [0, 0.1) is 0 Å². The van der Waals surface area contributed by atoms with Crippen LogP contribution >= 0.6 is 0 Å². The Hall–Kier alpha value is -2.58. The van der Waals surface area contributed by atoms with Crippen LogP contribution in [-0.4, -0.2) is 22.7 Å². The van der Waals surface area contributed by atoms with Gasteiger partial charge in [0.05, 0.1) is 0 Å². The smallest absolute Gasteiger partial charge is 0.387 e. The second-order valence-corrected chi connectivity index (χ2v) is 3.75. The quantitative estimate of drug-likeness (QED) is 0.855. The van der Waals surface area contributed by atoms with Crippen molar-refractivity contribution in [3.05, 3.63) is 35.7 Å². The lowest BCUT2D eigenvalue weighted by Gasteiger charge is -2.04. The van der Waals surface area contributed by atoms with E-state index in [2.05, 4.69) is 9.72 Å². The minimum Gasteiger partial charge on any atom is -0.475 e. The predicted molar refractivity (Wildman–Crippen MR) is 60.5 cm³/mol. The first-order valence-electron chi connectivity index (χ1n) is 5.46. The van der Waals surface area contributed by atoms with Gasteiger partial charge in [-0.25, -0.2) is 18.6 Å². The average Bonchev–Trinajstić information content (AvgIpc) is 2.83. The Morgan fingerprint density at radius 3 is 2.52 bits per heavy atom. The van der Waals surface area contributed by atoms with E-state index >= 15 is 0 Å². The van der Waals surface area contributed by atoms with E-state index in [9.17, 15) is 22.4 Å². The van der Waals surface area contributed by atoms with Crippen molar-refractivity contribution in [2.75, 3.05) is 0 Å². The molecule has 2 rings (SSSR count). The maximum atomic E-state index is 12.7. The first kappa shape index (κ1) is 14.8. The van der Waals surface area contributed by atoms with Gasteiger partial charge in [-0.1, -0.05) is 6.07 Å². The largest absolute Gasteiger partial charge is 0.475 e. The van der Waals surface area contributed by atoms with Crippen molar-refractivity contribution in [3.63, 3.8) is 0 Å². The molecule has 9 heteroatoms. The summed E-state index contributed by atoms with van der Waals surface area (Å²) in [5.74, 6) is -3.37. The fraction of sp³-hybridized carbons (Fsp3) is 0.167. The van der Waals surface area contributed by atoms with Gasteiger partial charge in [0.15, 0.2) is 5.69 Å². The molecule has 0 amide bonds. The highest BCUT2D eigenvalue weighted by molar-refractivity contribution is 5.86. The SMILES string of the molecule is O=C(O)c1oc(-c2cccc(OC(F)F)c2)nc1C(F)F. The van der Waals surface area contributed by atoms with E-state index in [0.29, 0.717) is 0 Å². The minimum atomic E-state index is -3.14. The van der Waals surface area contributed by atoms with Crippen molar-refractivity contribution in [3.8, 4) is 17.2 Å². The van der Waals surface area contributed by atoms with Crippen LogP contribution in [0.5, 0.6) is 5.75 Å². The number of ether oxygens (including phenoxy) is 1. The standard InChI is InChI=1S/C12H7F4NO4/c13-9(14)7-8(11(18)19)21-10(17-7)5-2-1-3-6(4-5)20-12(15)16/h1-4,9,12H,(H,18,19). The summed E-state index contributed by atoms with van der Waals surface area (Å²) in [4.78, 5) is 14.2. The Labute approximate surface area is 114 Å². The fourth-order valence-corrected chi connectivity index (χ4v) is 1.56. The molecule has 0 radical (unpaired) electrons. The highest BCUT2D eigenvalue weighted by Crippen LogP contribution is 2.30. The second-order valence-electron chi connectivity index (χ2n) is 3.75. The van der Waals surface area contributed by atoms with Crippen LogP contribution < -0.4 is 4.74 Å². The zero-order valence-corrected chi connectivity index (χ0v) is 10.1. The molecule has 1 aromatic heterocycles. The van der Waals surface area contributed by atoms with Gasteiger partial charge in [0.1, 0.15) is 5.75 Å². The van der Waals surface area contributed by atoms with Crippen LogP contribution in [0.15, 0.2) is 28.7 Å². The Balaban J connectivity index is 2.42. The van der Waals surface area contributed by atoms with Gasteiger partial charge in [-0.3, -0.25) is 0 Å². The normalized spacial score (nSPS) is 11.1. The first-order valence-corrected chi connectivity index (χ1v) is 5.46. The molecule has 0 atom stereocenters. The van der Waals surface area contributed by atoms with Crippen LogP contribution in [0.2, 0.25) is 0 Å². The van der Waals surface area contributed by atoms with Gasteiger partial charge < -0.3 is 14.3 Å². The Morgan fingerprint density at radius 1 is 1.29 bits per heavy atom. The maximum absolute atomic E-state index is 12.7. The average molecular weight is 305 g/mol. The van der Waals surface area contributed by atoms with E-state index in [1.54, 1.807) is 0 Å². The van der Waals surface area contributed by atoms with E-state index in [1.165, 1.54) is 18.2 Å². The second kappa shape index (κ2) is 5.81. The van der Waals surface area contributed by atoms with Gasteiger partial charge in [-0.15, -0.1) is 0 Å². The molecule has 0 aliphatic carbocycles. The number of hydrogen-bond donors (Lipinski definition) is 1. The summed E-state index contributed by atoms with van der Waals surface area (Å²) in [5, 5.41) is 8.76. The summed E-state index contributed by atoms with van der Waals surface area (Å²) in [6, 6.07) is 4.91. The van der Waals surface area contributed by atoms with E-state index in [4.69, 9.17) is 9.52 Å². The molecule has 0 unspecified atom stereocenters. The molecule has 112 valence electrons. The molecule has 0 aliphatic heterocycles. The summed E-state index contributed by atoms with van der Waals surface area (Å²) in [6.45, 7) is -3.06. The van der Waals surface area contributed by atoms with Gasteiger partial charge >= 0.3 is 12.6 Å². The number of oxazole rings is 1. The van der Waals surface area contributed by atoms with Crippen molar-refractivity contribution in [1.82, 2.24) is 4.98 Å². The van der Waals surface area contributed by atoms with Crippen LogP contribution in [0.1, 0.15) is 22.7 Å². The summed E-state index contributed by atoms with van der Waals surface area (Å²) >= 11 is 0. The molecule has 5 nitrogen and oxygen atoms in total. The van der Waals surface area contributed by atoms with Crippen LogP contribution in [0.4, 0.5) is 17.6 Å². The molecule has 0 saturated carbocycles. The van der Waals surface area contributed by atoms with E-state index in [-0.39, 0.29) is 11.3 Å². The third-order valence-corrected chi connectivity index (χ3v) is 2.36. The number of carboxylic acid groups (broad SMARTS) is 1. The highest BCUT2D eigenvalue weighted by Gasteiger charge is 2.26. The number of carboxylic acids is 1. The number of hydrogen-bond acceptors (Lipinski definition) is 4. The Bertz CT molecular complexity index is 656. The monoisotopic (exact) mass is 305 g/mol. The van der Waals surface area contributed by atoms with Crippen molar-refractivity contribution in [2.45, 2.75) is 13.0 Å². The summed E-state index contributed by atoms with van der Waals surface area (Å²) in [5.41, 5.74) is -1.000. The van der Waals surface area contributed by atoms with Crippen molar-refractivity contribution >= 4 is 5.97 Å². The number of halogens is 4. The molecule has 0 bridgehead atoms. The molecule has 0 aliphatic rings. The number of nitrogens with zero attached hydrogens (tertiary/aromatic N) is 1. The van der Waals surface area contributed by atoms with Crippen molar-refractivity contribution < 1.29 is 36.6 Å². The first-order chi connectivity index (χ1) is 9.88. The van der Waals surface area contributed by atoms with E-state index < -0.39 is 36.4 Å². The lowest BCUT2D eigenvalue weighted by atomic mass is 10.2. The lowest BCUT2D eigenvalue weighted by molar-refractivity contribution is -0.0498. The molecule has 2 aromatic rings. The van der Waals surface area contributed by atoms with Gasteiger partial charge in [-0.2, -0.15) is 8.78 Å². The van der Waals surface area contributed by atoms with Crippen LogP contribution in [0.25, 0.3) is 11.5 Å². The number of benzene rings is 1. The summed E-state index contributed by atoms with van der Waals surface area (Å²) < 4.78 is 58.4. The molecule has 0 saturated heterocycles. The van der Waals surface area contributed by atoms with E-state index in [0.717, 1.165) is 6.07 Å². The fourth-order valence-electron chi connectivity index (χ4n) is 1.56. The van der Waals surface area contributed by atoms with Crippen molar-refractivity contribution in [1.29, 1.82) is 0 Å². The van der Waals surface area contributed by atoms with Gasteiger partial charge in [0, 0.05) is 5.56 Å².